The summed E-state index contributed by atoms with van der Waals surface area (Å²) in [6.07, 6.45) is 1.95. The van der Waals surface area contributed by atoms with Gasteiger partial charge in [-0.3, -0.25) is 9.69 Å². The molecule has 2 aromatic carbocycles. The topological polar surface area (TPSA) is 68.5 Å². The standard InChI is InChI=1S/C22H19N3O3S/c26-21(18-13-19(28-24-18)15-7-2-1-3-8-15)25(14-16-9-6-12-27-16)22-23-17-10-4-5-11-20(17)29-22/h1-5,7-8,10-11,13,16H,6,9,12,14H2. The van der Waals surface area contributed by atoms with Crippen LogP contribution in [-0.4, -0.2) is 35.3 Å². The summed E-state index contributed by atoms with van der Waals surface area (Å²) in [5.74, 6) is 0.334. The smallest absolute Gasteiger partial charge is 0.282 e. The van der Waals surface area contributed by atoms with Crippen molar-refractivity contribution in [2.24, 2.45) is 0 Å². The number of rotatable bonds is 5. The van der Waals surface area contributed by atoms with Crippen LogP contribution in [0.15, 0.2) is 65.2 Å². The molecule has 0 spiro atoms. The summed E-state index contributed by atoms with van der Waals surface area (Å²) in [6, 6.07) is 19.2. The number of aromatic nitrogens is 2. The van der Waals surface area contributed by atoms with E-state index in [1.165, 1.54) is 11.3 Å². The quantitative estimate of drug-likeness (QED) is 0.478. The van der Waals surface area contributed by atoms with E-state index in [-0.39, 0.29) is 17.7 Å². The third kappa shape index (κ3) is 3.66. The molecule has 5 rings (SSSR count). The fourth-order valence-electron chi connectivity index (χ4n) is 3.47. The van der Waals surface area contributed by atoms with Gasteiger partial charge < -0.3 is 9.26 Å². The lowest BCUT2D eigenvalue weighted by atomic mass is 10.1. The van der Waals surface area contributed by atoms with Crippen molar-refractivity contribution in [2.45, 2.75) is 18.9 Å². The molecule has 29 heavy (non-hydrogen) atoms. The molecule has 0 saturated carbocycles. The van der Waals surface area contributed by atoms with Gasteiger partial charge in [0.2, 0.25) is 0 Å². The fourth-order valence-corrected chi connectivity index (χ4v) is 4.44. The summed E-state index contributed by atoms with van der Waals surface area (Å²) in [5, 5.41) is 4.69. The number of hydrogen-bond acceptors (Lipinski definition) is 6. The van der Waals surface area contributed by atoms with Crippen molar-refractivity contribution in [3.05, 3.63) is 66.4 Å². The van der Waals surface area contributed by atoms with Crippen molar-refractivity contribution in [1.29, 1.82) is 0 Å². The molecule has 146 valence electrons. The predicted molar refractivity (Wildman–Crippen MR) is 112 cm³/mol. The highest BCUT2D eigenvalue weighted by molar-refractivity contribution is 7.22. The molecule has 0 radical (unpaired) electrons. The molecule has 0 bridgehead atoms. The minimum Gasteiger partial charge on any atom is -0.376 e. The van der Waals surface area contributed by atoms with E-state index in [0.717, 1.165) is 35.2 Å². The van der Waals surface area contributed by atoms with Crippen LogP contribution in [0.2, 0.25) is 0 Å². The molecule has 0 aliphatic carbocycles. The van der Waals surface area contributed by atoms with Gasteiger partial charge >= 0.3 is 0 Å². The van der Waals surface area contributed by atoms with E-state index < -0.39 is 0 Å². The van der Waals surface area contributed by atoms with Crippen LogP contribution in [0.4, 0.5) is 5.13 Å². The minimum atomic E-state index is -0.231. The molecule has 1 unspecified atom stereocenters. The van der Waals surface area contributed by atoms with Gasteiger partial charge in [-0.15, -0.1) is 0 Å². The Labute approximate surface area is 171 Å². The van der Waals surface area contributed by atoms with E-state index in [4.69, 9.17) is 9.26 Å². The molecule has 3 heterocycles. The van der Waals surface area contributed by atoms with Crippen LogP contribution in [0.1, 0.15) is 23.3 Å². The summed E-state index contributed by atoms with van der Waals surface area (Å²) >= 11 is 1.49. The highest BCUT2D eigenvalue weighted by Gasteiger charge is 2.29. The molecule has 1 fully saturated rings. The molecule has 1 amide bonds. The zero-order valence-electron chi connectivity index (χ0n) is 15.7. The van der Waals surface area contributed by atoms with Crippen molar-refractivity contribution in [3.8, 4) is 11.3 Å². The van der Waals surface area contributed by atoms with Gasteiger partial charge in [0.25, 0.3) is 5.91 Å². The molecule has 4 aromatic rings. The number of thiazole rings is 1. The lowest BCUT2D eigenvalue weighted by molar-refractivity contribution is 0.0910. The van der Waals surface area contributed by atoms with E-state index in [9.17, 15) is 4.79 Å². The summed E-state index contributed by atoms with van der Waals surface area (Å²) < 4.78 is 12.3. The maximum Gasteiger partial charge on any atom is 0.282 e. The number of amides is 1. The maximum absolute atomic E-state index is 13.4. The van der Waals surface area contributed by atoms with Gasteiger partial charge in [0, 0.05) is 18.2 Å². The SMILES string of the molecule is O=C(c1cc(-c2ccccc2)on1)N(CC1CCCO1)c1nc2ccccc2s1. The molecule has 6 nitrogen and oxygen atoms in total. The van der Waals surface area contributed by atoms with E-state index >= 15 is 0 Å². The zero-order valence-corrected chi connectivity index (χ0v) is 16.5. The highest BCUT2D eigenvalue weighted by Crippen LogP contribution is 2.31. The van der Waals surface area contributed by atoms with E-state index in [1.807, 2.05) is 54.6 Å². The number of fused-ring (bicyclic) bond motifs is 1. The number of carbonyl (C=O) groups excluding carboxylic acids is 1. The molecule has 7 heteroatoms. The number of benzene rings is 2. The Morgan fingerprint density at radius 2 is 1.97 bits per heavy atom. The number of nitrogens with zero attached hydrogens (tertiary/aromatic N) is 3. The van der Waals surface area contributed by atoms with Crippen LogP contribution in [0.25, 0.3) is 21.5 Å². The second-order valence-corrected chi connectivity index (χ2v) is 7.97. The van der Waals surface area contributed by atoms with E-state index in [1.54, 1.807) is 11.0 Å². The van der Waals surface area contributed by atoms with Crippen molar-refractivity contribution in [3.63, 3.8) is 0 Å². The normalized spacial score (nSPS) is 16.3. The third-order valence-corrected chi connectivity index (χ3v) is 6.02. The number of anilines is 1. The second-order valence-electron chi connectivity index (χ2n) is 6.96. The summed E-state index contributed by atoms with van der Waals surface area (Å²) in [7, 11) is 0. The Morgan fingerprint density at radius 1 is 1.14 bits per heavy atom. The first kappa shape index (κ1) is 18.0. The first-order valence-electron chi connectivity index (χ1n) is 9.59. The molecule has 1 saturated heterocycles. The van der Waals surface area contributed by atoms with Crippen LogP contribution in [-0.2, 0) is 4.74 Å². The zero-order chi connectivity index (χ0) is 19.6. The lowest BCUT2D eigenvalue weighted by Crippen LogP contribution is -2.37. The summed E-state index contributed by atoms with van der Waals surface area (Å²) in [6.45, 7) is 1.18. The first-order valence-corrected chi connectivity index (χ1v) is 10.4. The van der Waals surface area contributed by atoms with Crippen LogP contribution in [0.3, 0.4) is 0 Å². The lowest BCUT2D eigenvalue weighted by Gasteiger charge is -2.21. The molecule has 1 aliphatic rings. The van der Waals surface area contributed by atoms with Gasteiger partial charge in [-0.05, 0) is 25.0 Å². The largest absolute Gasteiger partial charge is 0.376 e. The van der Waals surface area contributed by atoms with E-state index in [2.05, 4.69) is 10.1 Å². The van der Waals surface area contributed by atoms with E-state index in [0.29, 0.717) is 17.4 Å². The average Bonchev–Trinajstić information content (AvgIpc) is 3.52. The molecule has 1 atom stereocenters. The Hall–Kier alpha value is -3.03. The van der Waals surface area contributed by atoms with Crippen LogP contribution in [0.5, 0.6) is 0 Å². The van der Waals surface area contributed by atoms with Crippen LogP contribution in [0, 0.1) is 0 Å². The number of para-hydroxylation sites is 1. The second kappa shape index (κ2) is 7.77. The van der Waals surface area contributed by atoms with Gasteiger partial charge in [-0.25, -0.2) is 4.98 Å². The Kier molecular flexibility index (Phi) is 4.83. The average molecular weight is 405 g/mol. The fraction of sp³-hybridized carbons (Fsp3) is 0.227. The van der Waals surface area contributed by atoms with Gasteiger partial charge in [-0.1, -0.05) is 59.0 Å². The number of carbonyl (C=O) groups is 1. The predicted octanol–water partition coefficient (Wildman–Crippen LogP) is 4.78. The number of ether oxygens (including phenoxy) is 1. The monoisotopic (exact) mass is 405 g/mol. The van der Waals surface area contributed by atoms with Crippen molar-refractivity contribution in [2.75, 3.05) is 18.1 Å². The van der Waals surface area contributed by atoms with Crippen molar-refractivity contribution < 1.29 is 14.1 Å². The minimum absolute atomic E-state index is 0.00598. The summed E-state index contributed by atoms with van der Waals surface area (Å²) in [5.41, 5.74) is 2.02. The maximum atomic E-state index is 13.4. The summed E-state index contributed by atoms with van der Waals surface area (Å²) in [4.78, 5) is 19.7. The molecular formula is C22H19N3O3S. The third-order valence-electron chi connectivity index (χ3n) is 4.96. The number of hydrogen-bond donors (Lipinski definition) is 0. The van der Waals surface area contributed by atoms with Crippen LogP contribution >= 0.6 is 11.3 Å². The Bertz CT molecular complexity index is 1100. The first-order chi connectivity index (χ1) is 14.3. The molecular weight excluding hydrogens is 386 g/mol. The van der Waals surface area contributed by atoms with Crippen molar-refractivity contribution in [1.82, 2.24) is 10.1 Å². The van der Waals surface area contributed by atoms with Crippen LogP contribution < -0.4 is 4.90 Å². The Balaban J connectivity index is 1.48. The molecule has 2 aromatic heterocycles. The molecule has 0 N–H and O–H groups in total. The van der Waals surface area contributed by atoms with Gasteiger partial charge in [0.1, 0.15) is 0 Å². The Morgan fingerprint density at radius 3 is 2.76 bits per heavy atom. The van der Waals surface area contributed by atoms with Gasteiger partial charge in [-0.2, -0.15) is 0 Å². The van der Waals surface area contributed by atoms with Gasteiger partial charge in [0.15, 0.2) is 16.6 Å². The molecule has 1 aliphatic heterocycles. The highest BCUT2D eigenvalue weighted by atomic mass is 32.1. The van der Waals surface area contributed by atoms with Crippen molar-refractivity contribution >= 4 is 32.6 Å². The van der Waals surface area contributed by atoms with Gasteiger partial charge in [0.05, 0.1) is 22.9 Å².